The summed E-state index contributed by atoms with van der Waals surface area (Å²) >= 11 is 0. The van der Waals surface area contributed by atoms with Gasteiger partial charge >= 0.3 is 0 Å². The molecule has 9 nitrogen and oxygen atoms in total. The van der Waals surface area contributed by atoms with Crippen molar-refractivity contribution in [1.29, 1.82) is 0 Å². The predicted octanol–water partition coefficient (Wildman–Crippen LogP) is 2.54. The van der Waals surface area contributed by atoms with Crippen molar-refractivity contribution in [1.82, 2.24) is 30.0 Å². The van der Waals surface area contributed by atoms with Crippen LogP contribution in [0.15, 0.2) is 42.6 Å². The van der Waals surface area contributed by atoms with Gasteiger partial charge in [-0.15, -0.1) is 12.4 Å². The van der Waals surface area contributed by atoms with E-state index < -0.39 is 0 Å². The fourth-order valence-corrected chi connectivity index (χ4v) is 4.41. The van der Waals surface area contributed by atoms with Crippen LogP contribution in [-0.2, 0) is 29.7 Å². The van der Waals surface area contributed by atoms with Crippen molar-refractivity contribution in [2.24, 2.45) is 7.05 Å². The number of aryl methyl sites for hydroxylation is 2. The summed E-state index contributed by atoms with van der Waals surface area (Å²) in [4.78, 5) is 28.0. The van der Waals surface area contributed by atoms with Crippen LogP contribution in [0.4, 0.5) is 5.69 Å². The number of nitrogens with one attached hydrogen (secondary N) is 2. The molecule has 0 spiro atoms. The maximum Gasteiger partial charge on any atom is 0.256 e. The molecule has 10 heteroatoms. The SMILES string of the molecule is CCNCCN(CC(=O)N(C)N1Cc2ccccc2C1)C(=O)CNc1cc2cnn(C)c2cc1C.Cl. The molecule has 0 fully saturated rings. The Labute approximate surface area is 218 Å². The lowest BCUT2D eigenvalue weighted by Gasteiger charge is -2.31. The van der Waals surface area contributed by atoms with Gasteiger partial charge in [0.15, 0.2) is 0 Å². The van der Waals surface area contributed by atoms with Crippen LogP contribution in [0, 0.1) is 6.92 Å². The maximum atomic E-state index is 13.2. The Kier molecular flexibility index (Phi) is 9.31. The minimum atomic E-state index is -0.111. The highest BCUT2D eigenvalue weighted by Crippen LogP contribution is 2.24. The lowest BCUT2D eigenvalue weighted by atomic mass is 10.1. The molecule has 0 aliphatic carbocycles. The Bertz CT molecular complexity index is 1190. The van der Waals surface area contributed by atoms with Crippen molar-refractivity contribution < 1.29 is 9.59 Å². The monoisotopic (exact) mass is 513 g/mol. The summed E-state index contributed by atoms with van der Waals surface area (Å²) in [6.07, 6.45) is 1.82. The molecule has 4 rings (SSSR count). The minimum Gasteiger partial charge on any atom is -0.376 e. The second kappa shape index (κ2) is 12.2. The largest absolute Gasteiger partial charge is 0.376 e. The first kappa shape index (κ1) is 27.4. The number of fused-ring (bicyclic) bond motifs is 2. The van der Waals surface area contributed by atoms with Gasteiger partial charge in [0.05, 0.1) is 18.3 Å². The van der Waals surface area contributed by atoms with Crippen LogP contribution in [0.5, 0.6) is 0 Å². The fourth-order valence-electron chi connectivity index (χ4n) is 4.41. The van der Waals surface area contributed by atoms with Gasteiger partial charge in [0, 0.05) is 51.3 Å². The van der Waals surface area contributed by atoms with Crippen LogP contribution in [0.3, 0.4) is 0 Å². The first-order valence-corrected chi connectivity index (χ1v) is 12.1. The third-order valence-corrected chi connectivity index (χ3v) is 6.62. The lowest BCUT2D eigenvalue weighted by molar-refractivity contribution is -0.151. The fraction of sp³-hybridized carbons (Fsp3) is 0.423. The smallest absolute Gasteiger partial charge is 0.256 e. The minimum absolute atomic E-state index is 0. The van der Waals surface area contributed by atoms with Gasteiger partial charge in [-0.25, -0.2) is 5.01 Å². The number of carbonyl (C=O) groups is 2. The van der Waals surface area contributed by atoms with Gasteiger partial charge in [-0.1, -0.05) is 31.2 Å². The Hall–Kier alpha value is -3.14. The Morgan fingerprint density at radius 3 is 2.47 bits per heavy atom. The van der Waals surface area contributed by atoms with Gasteiger partial charge in [0.1, 0.15) is 6.54 Å². The molecule has 36 heavy (non-hydrogen) atoms. The van der Waals surface area contributed by atoms with Crippen molar-refractivity contribution in [2.45, 2.75) is 26.9 Å². The molecule has 2 heterocycles. The Morgan fingerprint density at radius 2 is 1.81 bits per heavy atom. The van der Waals surface area contributed by atoms with Crippen molar-refractivity contribution in [3.8, 4) is 0 Å². The molecule has 2 aromatic carbocycles. The van der Waals surface area contributed by atoms with Crippen molar-refractivity contribution in [3.05, 3.63) is 59.3 Å². The van der Waals surface area contributed by atoms with Gasteiger partial charge in [-0.05, 0) is 42.3 Å². The van der Waals surface area contributed by atoms with Gasteiger partial charge in [0.25, 0.3) is 5.91 Å². The van der Waals surface area contributed by atoms with E-state index in [2.05, 4.69) is 33.9 Å². The van der Waals surface area contributed by atoms with Crippen molar-refractivity contribution in [3.63, 3.8) is 0 Å². The number of halogens is 1. The second-order valence-corrected chi connectivity index (χ2v) is 9.03. The lowest BCUT2D eigenvalue weighted by Crippen LogP contribution is -2.49. The number of anilines is 1. The molecule has 1 aliphatic heterocycles. The molecule has 2 N–H and O–H groups in total. The first-order chi connectivity index (χ1) is 16.9. The third kappa shape index (κ3) is 6.16. The summed E-state index contributed by atoms with van der Waals surface area (Å²) in [5.74, 6) is -0.212. The van der Waals surface area contributed by atoms with Crippen LogP contribution in [0.1, 0.15) is 23.6 Å². The number of nitrogens with zero attached hydrogens (tertiary/aromatic N) is 5. The highest BCUT2D eigenvalue weighted by molar-refractivity contribution is 5.88. The van der Waals surface area contributed by atoms with Crippen LogP contribution in [-0.4, -0.2) is 76.3 Å². The molecule has 0 saturated heterocycles. The van der Waals surface area contributed by atoms with Crippen LogP contribution < -0.4 is 10.6 Å². The molecule has 0 bridgehead atoms. The highest BCUT2D eigenvalue weighted by Gasteiger charge is 2.27. The molecule has 3 aromatic rings. The molecular formula is C26H36ClN7O2. The number of rotatable bonds is 10. The number of carbonyl (C=O) groups excluding carboxylic acids is 2. The first-order valence-electron chi connectivity index (χ1n) is 12.1. The molecular weight excluding hydrogens is 478 g/mol. The number of aromatic nitrogens is 2. The van der Waals surface area contributed by atoms with Crippen molar-refractivity contribution >= 4 is 40.8 Å². The van der Waals surface area contributed by atoms with E-state index in [-0.39, 0.29) is 37.3 Å². The maximum absolute atomic E-state index is 13.2. The molecule has 2 amide bonds. The van der Waals surface area contributed by atoms with Crippen LogP contribution >= 0.6 is 12.4 Å². The average molecular weight is 514 g/mol. The van der Waals surface area contributed by atoms with Gasteiger partial charge in [-0.2, -0.15) is 5.10 Å². The van der Waals surface area contributed by atoms with Gasteiger partial charge in [-0.3, -0.25) is 19.3 Å². The zero-order valence-corrected chi connectivity index (χ0v) is 22.3. The number of hydrogen-bond acceptors (Lipinski definition) is 6. The number of hydrazine groups is 1. The molecule has 1 aromatic heterocycles. The van der Waals surface area contributed by atoms with Crippen LogP contribution in [0.25, 0.3) is 10.9 Å². The molecule has 0 radical (unpaired) electrons. The molecule has 0 atom stereocenters. The van der Waals surface area contributed by atoms with E-state index in [4.69, 9.17) is 0 Å². The Balaban J connectivity index is 0.00000361. The summed E-state index contributed by atoms with van der Waals surface area (Å²) < 4.78 is 1.83. The number of amides is 2. The Morgan fingerprint density at radius 1 is 1.11 bits per heavy atom. The van der Waals surface area contributed by atoms with Gasteiger partial charge in [0.2, 0.25) is 5.91 Å². The van der Waals surface area contributed by atoms with Crippen LogP contribution in [0.2, 0.25) is 0 Å². The zero-order chi connectivity index (χ0) is 24.9. The standard InChI is InChI=1S/C26H35N7O2.ClH/c1-5-27-10-11-32(18-26(35)31(4)33-16-20-8-6-7-9-21(20)17-33)25(34)15-28-23-13-22-14-29-30(3)24(22)12-19(23)2;/h6-9,12-14,27-28H,5,10-11,15-18H2,1-4H3;1H. The quantitative estimate of drug-likeness (QED) is 0.405. The summed E-state index contributed by atoms with van der Waals surface area (Å²) in [5, 5.41) is 15.5. The zero-order valence-electron chi connectivity index (χ0n) is 21.5. The molecule has 0 unspecified atom stereocenters. The number of benzene rings is 2. The number of hydrogen-bond donors (Lipinski definition) is 2. The van der Waals surface area contributed by atoms with E-state index >= 15 is 0 Å². The summed E-state index contributed by atoms with van der Waals surface area (Å²) in [7, 11) is 3.70. The predicted molar refractivity (Wildman–Crippen MR) is 145 cm³/mol. The van der Waals surface area contributed by atoms with E-state index in [9.17, 15) is 9.59 Å². The average Bonchev–Trinajstić information content (AvgIpc) is 3.44. The van der Waals surface area contributed by atoms with E-state index in [0.29, 0.717) is 26.2 Å². The van der Waals surface area contributed by atoms with E-state index in [1.807, 2.05) is 55.0 Å². The van der Waals surface area contributed by atoms with Gasteiger partial charge < -0.3 is 15.5 Å². The molecule has 194 valence electrons. The third-order valence-electron chi connectivity index (χ3n) is 6.62. The van der Waals surface area contributed by atoms with Crippen molar-refractivity contribution in [2.75, 3.05) is 45.1 Å². The summed E-state index contributed by atoms with van der Waals surface area (Å²) in [6.45, 7) is 7.49. The van der Waals surface area contributed by atoms with E-state index in [1.54, 1.807) is 17.0 Å². The second-order valence-electron chi connectivity index (χ2n) is 9.03. The molecule has 1 aliphatic rings. The highest BCUT2D eigenvalue weighted by atomic mass is 35.5. The van der Waals surface area contributed by atoms with E-state index in [1.165, 1.54) is 11.1 Å². The number of likely N-dealkylation sites (N-methyl/N-ethyl adjacent to an activating group) is 2. The van der Waals surface area contributed by atoms with E-state index in [0.717, 1.165) is 28.7 Å². The normalized spacial score (nSPS) is 12.8. The molecule has 0 saturated carbocycles. The summed E-state index contributed by atoms with van der Waals surface area (Å²) in [6, 6.07) is 12.3. The summed E-state index contributed by atoms with van der Waals surface area (Å²) in [5.41, 5.74) is 5.44. The topological polar surface area (TPSA) is 85.7 Å².